The molecule has 0 spiro atoms. The first-order valence-electron chi connectivity index (χ1n) is 6.65. The van der Waals surface area contributed by atoms with Crippen LogP contribution in [0.1, 0.15) is 19.4 Å². The van der Waals surface area contributed by atoms with E-state index >= 15 is 0 Å². The van der Waals surface area contributed by atoms with Gasteiger partial charge in [0.05, 0.1) is 18.8 Å². The van der Waals surface area contributed by atoms with Crippen LogP contribution in [-0.4, -0.2) is 36.8 Å². The molecule has 0 amide bonds. The molecule has 1 saturated heterocycles. The largest absolute Gasteiger partial charge is 0.387 e. The molecule has 0 saturated carbocycles. The molecule has 0 bridgehead atoms. The lowest BCUT2D eigenvalue weighted by atomic mass is 9.97. The Morgan fingerprint density at radius 2 is 2.00 bits per heavy atom. The van der Waals surface area contributed by atoms with Gasteiger partial charge in [0, 0.05) is 13.0 Å². The van der Waals surface area contributed by atoms with Crippen molar-refractivity contribution in [1.82, 2.24) is 0 Å². The van der Waals surface area contributed by atoms with Crippen LogP contribution in [0.4, 0.5) is 0 Å². The minimum Gasteiger partial charge on any atom is -0.387 e. The Hall–Kier alpha value is -0.940. The first-order valence-corrected chi connectivity index (χ1v) is 6.65. The van der Waals surface area contributed by atoms with Crippen LogP contribution in [0.2, 0.25) is 0 Å². The van der Waals surface area contributed by atoms with Gasteiger partial charge in [0.2, 0.25) is 0 Å². The minimum atomic E-state index is -0.599. The van der Waals surface area contributed by atoms with Gasteiger partial charge in [0.1, 0.15) is 6.10 Å². The van der Waals surface area contributed by atoms with E-state index in [2.05, 4.69) is 0 Å². The molecular formula is C15H22O4. The summed E-state index contributed by atoms with van der Waals surface area (Å²) < 4.78 is 16.6. The van der Waals surface area contributed by atoms with Crippen molar-refractivity contribution in [2.24, 2.45) is 5.92 Å². The molecule has 1 aromatic carbocycles. The number of hydrogen-bond donors (Lipinski definition) is 1. The maximum atomic E-state index is 9.96. The lowest BCUT2D eigenvalue weighted by Gasteiger charge is -2.23. The second-order valence-electron chi connectivity index (χ2n) is 5.06. The average molecular weight is 266 g/mol. The van der Waals surface area contributed by atoms with Gasteiger partial charge in [-0.2, -0.15) is 0 Å². The highest BCUT2D eigenvalue weighted by Crippen LogP contribution is 2.30. The third kappa shape index (κ3) is 3.34. The van der Waals surface area contributed by atoms with Crippen LogP contribution in [0, 0.1) is 5.92 Å². The second kappa shape index (κ2) is 6.48. The quantitative estimate of drug-likeness (QED) is 0.885. The summed E-state index contributed by atoms with van der Waals surface area (Å²) in [5.74, 6) is -0.00396. The molecule has 0 unspecified atom stereocenters. The summed E-state index contributed by atoms with van der Waals surface area (Å²) in [6.07, 6.45) is -1.39. The fourth-order valence-corrected chi connectivity index (χ4v) is 2.43. The van der Waals surface area contributed by atoms with E-state index in [9.17, 15) is 5.11 Å². The Balaban J connectivity index is 1.88. The maximum Gasteiger partial charge on any atom is 0.183 e. The van der Waals surface area contributed by atoms with Gasteiger partial charge >= 0.3 is 0 Å². The Bertz CT molecular complexity index is 381. The van der Waals surface area contributed by atoms with Crippen molar-refractivity contribution in [3.8, 4) is 0 Å². The maximum absolute atomic E-state index is 9.96. The van der Waals surface area contributed by atoms with Crippen molar-refractivity contribution in [3.63, 3.8) is 0 Å². The SMILES string of the molecule is CO[C@H]1O[C@H]([C@@H](C)OCc2ccccc2)[C@@H](C)[C@H]1O. The van der Waals surface area contributed by atoms with Gasteiger partial charge in [0.15, 0.2) is 6.29 Å². The van der Waals surface area contributed by atoms with Gasteiger partial charge in [-0.15, -0.1) is 0 Å². The van der Waals surface area contributed by atoms with Gasteiger partial charge in [-0.25, -0.2) is 0 Å². The van der Waals surface area contributed by atoms with Crippen LogP contribution in [0.5, 0.6) is 0 Å². The number of methoxy groups -OCH3 is 1. The van der Waals surface area contributed by atoms with Crippen LogP contribution in [0.15, 0.2) is 30.3 Å². The zero-order valence-electron chi connectivity index (χ0n) is 11.7. The number of hydrogen-bond acceptors (Lipinski definition) is 4. The number of rotatable bonds is 5. The summed E-state index contributed by atoms with van der Waals surface area (Å²) in [7, 11) is 1.54. The van der Waals surface area contributed by atoms with Crippen molar-refractivity contribution in [2.75, 3.05) is 7.11 Å². The molecule has 4 nitrogen and oxygen atoms in total. The van der Waals surface area contributed by atoms with E-state index in [-0.39, 0.29) is 18.1 Å². The standard InChI is InChI=1S/C15H22O4/c1-10-13(16)15(17-3)19-14(10)11(2)18-9-12-7-5-4-6-8-12/h4-8,10-11,13-16H,9H2,1-3H3/t10-,11+,13+,14-,15-/m0/s1. The lowest BCUT2D eigenvalue weighted by molar-refractivity contribution is -0.168. The zero-order chi connectivity index (χ0) is 13.8. The number of aliphatic hydroxyl groups excluding tert-OH is 1. The van der Waals surface area contributed by atoms with Gasteiger partial charge < -0.3 is 19.3 Å². The topological polar surface area (TPSA) is 47.9 Å². The molecule has 1 aliphatic heterocycles. The Labute approximate surface area is 114 Å². The van der Waals surface area contributed by atoms with Crippen LogP contribution < -0.4 is 0 Å². The Morgan fingerprint density at radius 3 is 2.58 bits per heavy atom. The van der Waals surface area contributed by atoms with Gasteiger partial charge in [-0.3, -0.25) is 0 Å². The van der Waals surface area contributed by atoms with E-state index < -0.39 is 12.4 Å². The van der Waals surface area contributed by atoms with Crippen molar-refractivity contribution in [2.45, 2.75) is 45.1 Å². The first-order chi connectivity index (χ1) is 9.13. The molecule has 1 fully saturated rings. The van der Waals surface area contributed by atoms with Crippen molar-refractivity contribution in [1.29, 1.82) is 0 Å². The zero-order valence-corrected chi connectivity index (χ0v) is 11.7. The van der Waals surface area contributed by atoms with E-state index in [4.69, 9.17) is 14.2 Å². The normalized spacial score (nSPS) is 32.4. The van der Waals surface area contributed by atoms with E-state index in [0.717, 1.165) is 5.56 Å². The number of aliphatic hydroxyl groups is 1. The lowest BCUT2D eigenvalue weighted by Crippen LogP contribution is -2.32. The predicted molar refractivity (Wildman–Crippen MR) is 71.5 cm³/mol. The van der Waals surface area contributed by atoms with Crippen molar-refractivity contribution < 1.29 is 19.3 Å². The smallest absolute Gasteiger partial charge is 0.183 e. The number of ether oxygens (including phenoxy) is 3. The van der Waals surface area contributed by atoms with Gasteiger partial charge in [0.25, 0.3) is 0 Å². The Kier molecular flexibility index (Phi) is 4.93. The highest BCUT2D eigenvalue weighted by Gasteiger charge is 2.43. The molecule has 19 heavy (non-hydrogen) atoms. The molecule has 106 valence electrons. The van der Waals surface area contributed by atoms with Crippen LogP contribution >= 0.6 is 0 Å². The number of benzene rings is 1. The Morgan fingerprint density at radius 1 is 1.32 bits per heavy atom. The fourth-order valence-electron chi connectivity index (χ4n) is 2.43. The fraction of sp³-hybridized carbons (Fsp3) is 0.600. The molecule has 0 aromatic heterocycles. The van der Waals surface area contributed by atoms with Gasteiger partial charge in [-0.05, 0) is 12.5 Å². The second-order valence-corrected chi connectivity index (χ2v) is 5.06. The van der Waals surface area contributed by atoms with Crippen molar-refractivity contribution in [3.05, 3.63) is 35.9 Å². The summed E-state index contributed by atoms with van der Waals surface area (Å²) in [5, 5.41) is 9.96. The first kappa shape index (κ1) is 14.5. The summed E-state index contributed by atoms with van der Waals surface area (Å²) >= 11 is 0. The van der Waals surface area contributed by atoms with Crippen molar-refractivity contribution >= 4 is 0 Å². The molecule has 1 aromatic rings. The highest BCUT2D eigenvalue weighted by molar-refractivity contribution is 5.13. The van der Waals surface area contributed by atoms with Crippen LogP contribution in [0.25, 0.3) is 0 Å². The molecule has 2 rings (SSSR count). The molecule has 4 heteroatoms. The predicted octanol–water partition coefficient (Wildman–Crippen LogP) is 1.96. The van der Waals surface area contributed by atoms with Crippen LogP contribution in [0.3, 0.4) is 0 Å². The third-order valence-electron chi connectivity index (χ3n) is 3.68. The van der Waals surface area contributed by atoms with Crippen LogP contribution in [-0.2, 0) is 20.8 Å². The third-order valence-corrected chi connectivity index (χ3v) is 3.68. The van der Waals surface area contributed by atoms with E-state index in [1.165, 1.54) is 0 Å². The van der Waals surface area contributed by atoms with E-state index in [1.807, 2.05) is 44.2 Å². The molecule has 0 aliphatic carbocycles. The van der Waals surface area contributed by atoms with Gasteiger partial charge in [-0.1, -0.05) is 37.3 Å². The van der Waals surface area contributed by atoms with E-state index in [1.54, 1.807) is 7.11 Å². The monoisotopic (exact) mass is 266 g/mol. The van der Waals surface area contributed by atoms with E-state index in [0.29, 0.717) is 6.61 Å². The molecule has 1 heterocycles. The molecule has 1 aliphatic rings. The molecule has 0 radical (unpaired) electrons. The molecule has 1 N–H and O–H groups in total. The summed E-state index contributed by atoms with van der Waals surface area (Å²) in [6, 6.07) is 10.0. The highest BCUT2D eigenvalue weighted by atomic mass is 16.7. The summed E-state index contributed by atoms with van der Waals surface area (Å²) in [4.78, 5) is 0. The summed E-state index contributed by atoms with van der Waals surface area (Å²) in [6.45, 7) is 4.47. The summed E-state index contributed by atoms with van der Waals surface area (Å²) in [5.41, 5.74) is 1.13. The average Bonchev–Trinajstić information content (AvgIpc) is 2.73. The molecule has 5 atom stereocenters. The minimum absolute atomic E-state index is 0.00396. The molecular weight excluding hydrogens is 244 g/mol.